The molecule has 1 heterocycles. The zero-order valence-electron chi connectivity index (χ0n) is 13.9. The van der Waals surface area contributed by atoms with Gasteiger partial charge in [0, 0.05) is 17.1 Å². The molecule has 0 bridgehead atoms. The second kappa shape index (κ2) is 7.21. The average Bonchev–Trinajstić information content (AvgIpc) is 3.01. The number of aromatic nitrogens is 1. The zero-order valence-corrected chi connectivity index (χ0v) is 13.9. The first-order valence-electron chi connectivity index (χ1n) is 8.22. The molecule has 0 radical (unpaired) electrons. The first-order chi connectivity index (χ1) is 12.1. The number of ether oxygens (including phenoxy) is 1. The normalized spacial score (nSPS) is 10.8. The van der Waals surface area contributed by atoms with Crippen molar-refractivity contribution in [3.8, 4) is 5.75 Å². The Balaban J connectivity index is 1.97. The van der Waals surface area contributed by atoms with Crippen LogP contribution in [0.2, 0.25) is 0 Å². The molecule has 128 valence electrons. The van der Waals surface area contributed by atoms with E-state index in [0.29, 0.717) is 28.8 Å². The first kappa shape index (κ1) is 16.8. The van der Waals surface area contributed by atoms with Gasteiger partial charge in [-0.1, -0.05) is 37.6 Å². The molecular formula is C20H19NO4. The van der Waals surface area contributed by atoms with Crippen molar-refractivity contribution < 1.29 is 19.4 Å². The van der Waals surface area contributed by atoms with E-state index in [1.54, 1.807) is 42.5 Å². The highest BCUT2D eigenvalue weighted by molar-refractivity contribution is 6.09. The van der Waals surface area contributed by atoms with Gasteiger partial charge >= 0.3 is 5.97 Å². The van der Waals surface area contributed by atoms with Crippen LogP contribution < -0.4 is 4.74 Å². The van der Waals surface area contributed by atoms with Crippen molar-refractivity contribution in [2.24, 2.45) is 0 Å². The van der Waals surface area contributed by atoms with E-state index in [-0.39, 0.29) is 11.5 Å². The predicted molar refractivity (Wildman–Crippen MR) is 95.5 cm³/mol. The second-order valence-corrected chi connectivity index (χ2v) is 5.77. The van der Waals surface area contributed by atoms with Gasteiger partial charge in [-0.3, -0.25) is 9.36 Å². The number of benzene rings is 2. The Hall–Kier alpha value is -3.08. The van der Waals surface area contributed by atoms with Crippen LogP contribution in [0.3, 0.4) is 0 Å². The lowest BCUT2D eigenvalue weighted by Gasteiger charge is -2.08. The summed E-state index contributed by atoms with van der Waals surface area (Å²) in [4.78, 5) is 24.3. The number of carbonyl (C=O) groups excluding carboxylic acids is 1. The smallest absolute Gasteiger partial charge is 0.337 e. The molecule has 0 unspecified atom stereocenters. The number of rotatable bonds is 6. The minimum atomic E-state index is -1.06. The minimum Gasteiger partial charge on any atom is -0.494 e. The molecule has 1 N–H and O–H groups in total. The minimum absolute atomic E-state index is 0.110. The van der Waals surface area contributed by atoms with E-state index < -0.39 is 5.97 Å². The predicted octanol–water partition coefficient (Wildman–Crippen LogP) is 4.21. The summed E-state index contributed by atoms with van der Waals surface area (Å²) in [6.45, 7) is 2.68. The first-order valence-corrected chi connectivity index (χ1v) is 8.22. The summed E-state index contributed by atoms with van der Waals surface area (Å²) in [5.41, 5.74) is 1.13. The standard InChI is InChI=1S/C20H19NO4/c1-2-3-11-25-15-8-6-7-14(12-15)19(22)21-13-17(20(23)24)16-9-4-5-10-18(16)21/h4-10,12-13H,2-3,11H2,1H3,(H,23,24). The van der Waals surface area contributed by atoms with Crippen LogP contribution in [0.5, 0.6) is 5.75 Å². The van der Waals surface area contributed by atoms with Gasteiger partial charge in [0.1, 0.15) is 5.75 Å². The topological polar surface area (TPSA) is 68.5 Å². The molecule has 0 aliphatic rings. The molecule has 0 saturated carbocycles. The Labute approximate surface area is 145 Å². The quantitative estimate of drug-likeness (QED) is 0.684. The van der Waals surface area contributed by atoms with Gasteiger partial charge in [0.25, 0.3) is 5.91 Å². The third-order valence-corrected chi connectivity index (χ3v) is 4.01. The number of unbranched alkanes of at least 4 members (excludes halogenated alkanes) is 1. The zero-order chi connectivity index (χ0) is 17.8. The van der Waals surface area contributed by atoms with Gasteiger partial charge in [-0.15, -0.1) is 0 Å². The SMILES string of the molecule is CCCCOc1cccc(C(=O)n2cc(C(=O)O)c3ccccc32)c1. The number of para-hydroxylation sites is 1. The molecule has 0 aliphatic carbocycles. The van der Waals surface area contributed by atoms with Gasteiger partial charge < -0.3 is 9.84 Å². The maximum Gasteiger partial charge on any atom is 0.337 e. The van der Waals surface area contributed by atoms with E-state index in [1.807, 2.05) is 6.07 Å². The molecule has 0 fully saturated rings. The number of carbonyl (C=O) groups is 2. The van der Waals surface area contributed by atoms with E-state index >= 15 is 0 Å². The summed E-state index contributed by atoms with van der Waals surface area (Å²) < 4.78 is 7.03. The summed E-state index contributed by atoms with van der Waals surface area (Å²) in [6.07, 6.45) is 3.36. The average molecular weight is 337 g/mol. The lowest BCUT2D eigenvalue weighted by Crippen LogP contribution is -2.11. The maximum absolute atomic E-state index is 12.9. The monoisotopic (exact) mass is 337 g/mol. The summed E-state index contributed by atoms with van der Waals surface area (Å²) in [6, 6.07) is 13.9. The van der Waals surface area contributed by atoms with Gasteiger partial charge in [-0.25, -0.2) is 4.79 Å². The lowest BCUT2D eigenvalue weighted by atomic mass is 10.2. The van der Waals surface area contributed by atoms with Crippen molar-refractivity contribution >= 4 is 22.8 Å². The Bertz CT molecular complexity index is 926. The molecule has 0 atom stereocenters. The Kier molecular flexibility index (Phi) is 4.84. The van der Waals surface area contributed by atoms with Gasteiger partial charge in [0.2, 0.25) is 0 Å². The molecule has 3 aromatic rings. The molecule has 0 saturated heterocycles. The van der Waals surface area contributed by atoms with Gasteiger partial charge in [0.05, 0.1) is 17.7 Å². The van der Waals surface area contributed by atoms with E-state index in [0.717, 1.165) is 12.8 Å². The fourth-order valence-corrected chi connectivity index (χ4v) is 2.71. The van der Waals surface area contributed by atoms with Crippen LogP contribution in [0.15, 0.2) is 54.7 Å². The van der Waals surface area contributed by atoms with Crippen LogP contribution >= 0.6 is 0 Å². The van der Waals surface area contributed by atoms with Crippen molar-refractivity contribution in [2.45, 2.75) is 19.8 Å². The van der Waals surface area contributed by atoms with Crippen molar-refractivity contribution in [2.75, 3.05) is 6.61 Å². The number of carboxylic acid groups (broad SMARTS) is 1. The fraction of sp³-hybridized carbons (Fsp3) is 0.200. The summed E-state index contributed by atoms with van der Waals surface area (Å²) in [7, 11) is 0. The van der Waals surface area contributed by atoms with Crippen molar-refractivity contribution in [3.63, 3.8) is 0 Å². The molecule has 1 aromatic heterocycles. The Morgan fingerprint density at radius 1 is 1.12 bits per heavy atom. The van der Waals surface area contributed by atoms with E-state index in [1.165, 1.54) is 10.8 Å². The molecule has 25 heavy (non-hydrogen) atoms. The molecule has 0 aliphatic heterocycles. The third kappa shape index (κ3) is 3.40. The molecule has 0 spiro atoms. The Morgan fingerprint density at radius 3 is 2.68 bits per heavy atom. The third-order valence-electron chi connectivity index (χ3n) is 4.01. The number of aromatic carboxylic acids is 1. The van der Waals surface area contributed by atoms with Crippen LogP contribution in [0, 0.1) is 0 Å². The highest BCUT2D eigenvalue weighted by atomic mass is 16.5. The molecule has 5 heteroatoms. The molecule has 3 rings (SSSR count). The maximum atomic E-state index is 12.9. The van der Waals surface area contributed by atoms with Gasteiger partial charge in [-0.05, 0) is 30.7 Å². The van der Waals surface area contributed by atoms with Crippen LogP contribution in [0.25, 0.3) is 10.9 Å². The molecule has 5 nitrogen and oxygen atoms in total. The van der Waals surface area contributed by atoms with E-state index in [2.05, 4.69) is 6.92 Å². The lowest BCUT2D eigenvalue weighted by molar-refractivity contribution is 0.0699. The van der Waals surface area contributed by atoms with Crippen molar-refractivity contribution in [3.05, 3.63) is 65.9 Å². The fourth-order valence-electron chi connectivity index (χ4n) is 2.71. The van der Waals surface area contributed by atoms with Crippen molar-refractivity contribution in [1.29, 1.82) is 0 Å². The summed E-state index contributed by atoms with van der Waals surface area (Å²) >= 11 is 0. The highest BCUT2D eigenvalue weighted by Gasteiger charge is 2.18. The van der Waals surface area contributed by atoms with E-state index in [9.17, 15) is 14.7 Å². The molecule has 2 aromatic carbocycles. The number of fused-ring (bicyclic) bond motifs is 1. The Morgan fingerprint density at radius 2 is 1.92 bits per heavy atom. The van der Waals surface area contributed by atoms with Crippen LogP contribution in [-0.2, 0) is 0 Å². The number of nitrogens with zero attached hydrogens (tertiary/aromatic N) is 1. The largest absolute Gasteiger partial charge is 0.494 e. The highest BCUT2D eigenvalue weighted by Crippen LogP contribution is 2.23. The van der Waals surface area contributed by atoms with Crippen LogP contribution in [0.4, 0.5) is 0 Å². The number of hydrogen-bond acceptors (Lipinski definition) is 3. The van der Waals surface area contributed by atoms with Crippen molar-refractivity contribution in [1.82, 2.24) is 4.57 Å². The van der Waals surface area contributed by atoms with Crippen LogP contribution in [0.1, 0.15) is 40.5 Å². The second-order valence-electron chi connectivity index (χ2n) is 5.77. The van der Waals surface area contributed by atoms with Gasteiger partial charge in [0.15, 0.2) is 0 Å². The van der Waals surface area contributed by atoms with E-state index in [4.69, 9.17) is 4.74 Å². The number of carboxylic acids is 1. The van der Waals surface area contributed by atoms with Crippen LogP contribution in [-0.4, -0.2) is 28.2 Å². The summed E-state index contributed by atoms with van der Waals surface area (Å²) in [5.74, 6) is -0.710. The number of hydrogen-bond donors (Lipinski definition) is 1. The summed E-state index contributed by atoms with van der Waals surface area (Å²) in [5, 5.41) is 9.91. The molecular weight excluding hydrogens is 318 g/mol. The molecule has 0 amide bonds. The van der Waals surface area contributed by atoms with Gasteiger partial charge in [-0.2, -0.15) is 0 Å².